The van der Waals surface area contributed by atoms with Crippen LogP contribution in [0.15, 0.2) is 24.3 Å². The number of carbonyl (C=O) groups excluding carboxylic acids is 2. The number of rotatable bonds is 1. The minimum absolute atomic E-state index is 0.106. The molecule has 3 aliphatic heterocycles. The van der Waals surface area contributed by atoms with Crippen LogP contribution in [-0.4, -0.2) is 23.5 Å². The van der Waals surface area contributed by atoms with Gasteiger partial charge in [-0.15, -0.1) is 0 Å². The van der Waals surface area contributed by atoms with E-state index in [0.717, 1.165) is 12.8 Å². The van der Waals surface area contributed by atoms with Crippen LogP contribution in [0.5, 0.6) is 0 Å². The van der Waals surface area contributed by atoms with Crippen molar-refractivity contribution >= 4 is 29.1 Å². The van der Waals surface area contributed by atoms with Gasteiger partial charge in [-0.2, -0.15) is 0 Å². The summed E-state index contributed by atoms with van der Waals surface area (Å²) in [6.45, 7) is 1.95. The SMILES string of the molecule is C[C@]12CCC(O1)[C@H]1C(=O)N(c3cccc(Cl)c3)C(=O)[C@H]12. The van der Waals surface area contributed by atoms with Gasteiger partial charge < -0.3 is 4.74 Å². The van der Waals surface area contributed by atoms with Gasteiger partial charge in [-0.25, -0.2) is 4.90 Å². The number of benzene rings is 1. The molecule has 3 aliphatic rings. The molecule has 0 spiro atoms. The molecule has 104 valence electrons. The number of nitrogens with zero attached hydrogens (tertiary/aromatic N) is 1. The van der Waals surface area contributed by atoms with Crippen molar-refractivity contribution in [2.45, 2.75) is 31.5 Å². The van der Waals surface area contributed by atoms with Gasteiger partial charge in [0.1, 0.15) is 0 Å². The monoisotopic (exact) mass is 291 g/mol. The lowest BCUT2D eigenvalue weighted by Crippen LogP contribution is -2.39. The Morgan fingerprint density at radius 2 is 2.15 bits per heavy atom. The molecule has 5 heteroatoms. The molecule has 3 saturated heterocycles. The van der Waals surface area contributed by atoms with Crippen LogP contribution in [0.1, 0.15) is 19.8 Å². The zero-order valence-corrected chi connectivity index (χ0v) is 11.8. The molecule has 1 aromatic rings. The van der Waals surface area contributed by atoms with Crippen molar-refractivity contribution in [3.05, 3.63) is 29.3 Å². The lowest BCUT2D eigenvalue weighted by Gasteiger charge is -2.26. The zero-order valence-electron chi connectivity index (χ0n) is 11.0. The van der Waals surface area contributed by atoms with Crippen molar-refractivity contribution in [3.63, 3.8) is 0 Å². The van der Waals surface area contributed by atoms with E-state index in [2.05, 4.69) is 0 Å². The van der Waals surface area contributed by atoms with Crippen molar-refractivity contribution < 1.29 is 14.3 Å². The molecule has 4 atom stereocenters. The Hall–Kier alpha value is -1.39. The van der Waals surface area contributed by atoms with Crippen molar-refractivity contribution in [3.8, 4) is 0 Å². The van der Waals surface area contributed by atoms with E-state index >= 15 is 0 Å². The molecule has 3 fully saturated rings. The predicted octanol–water partition coefficient (Wildman–Crippen LogP) is 2.40. The molecule has 3 heterocycles. The topological polar surface area (TPSA) is 46.6 Å². The summed E-state index contributed by atoms with van der Waals surface area (Å²) in [5.41, 5.74) is 0.0833. The average Bonchev–Trinajstić information content (AvgIpc) is 2.99. The second kappa shape index (κ2) is 3.83. The van der Waals surface area contributed by atoms with Crippen molar-refractivity contribution in [2.24, 2.45) is 11.8 Å². The number of amides is 2. The van der Waals surface area contributed by atoms with Gasteiger partial charge in [-0.1, -0.05) is 17.7 Å². The number of hydrogen-bond acceptors (Lipinski definition) is 3. The summed E-state index contributed by atoms with van der Waals surface area (Å²) < 4.78 is 5.88. The molecular weight excluding hydrogens is 278 g/mol. The van der Waals surface area contributed by atoms with Gasteiger partial charge in [-0.3, -0.25) is 9.59 Å². The number of carbonyl (C=O) groups is 2. The van der Waals surface area contributed by atoms with Gasteiger partial charge in [0.2, 0.25) is 11.8 Å². The van der Waals surface area contributed by atoms with Gasteiger partial charge in [0.25, 0.3) is 0 Å². The molecular formula is C15H14ClNO3. The predicted molar refractivity (Wildman–Crippen MR) is 73.4 cm³/mol. The molecule has 2 bridgehead atoms. The third kappa shape index (κ3) is 1.41. The largest absolute Gasteiger partial charge is 0.370 e. The Balaban J connectivity index is 1.78. The van der Waals surface area contributed by atoms with Crippen LogP contribution < -0.4 is 4.90 Å². The average molecular weight is 292 g/mol. The maximum atomic E-state index is 12.7. The summed E-state index contributed by atoms with van der Waals surface area (Å²) in [5, 5.41) is 0.519. The highest BCUT2D eigenvalue weighted by molar-refractivity contribution is 6.31. The normalized spacial score (nSPS) is 38.7. The van der Waals surface area contributed by atoms with Gasteiger partial charge in [0, 0.05) is 5.02 Å². The fourth-order valence-corrected chi connectivity index (χ4v) is 4.14. The van der Waals surface area contributed by atoms with E-state index in [0.29, 0.717) is 10.7 Å². The third-order valence-corrected chi connectivity index (χ3v) is 5.06. The van der Waals surface area contributed by atoms with Crippen LogP contribution >= 0.6 is 11.6 Å². The lowest BCUT2D eigenvalue weighted by atomic mass is 9.74. The zero-order chi connectivity index (χ0) is 14.1. The van der Waals surface area contributed by atoms with Gasteiger partial charge >= 0.3 is 0 Å². The minimum atomic E-state index is -0.477. The highest BCUT2D eigenvalue weighted by Crippen LogP contribution is 2.55. The number of hydrogen-bond donors (Lipinski definition) is 0. The van der Waals surface area contributed by atoms with E-state index in [4.69, 9.17) is 16.3 Å². The summed E-state index contributed by atoms with van der Waals surface area (Å²) in [7, 11) is 0. The number of fused-ring (bicyclic) bond motifs is 5. The molecule has 0 saturated carbocycles. The van der Waals surface area contributed by atoms with Gasteiger partial charge in [-0.05, 0) is 38.0 Å². The van der Waals surface area contributed by atoms with E-state index in [9.17, 15) is 9.59 Å². The minimum Gasteiger partial charge on any atom is -0.370 e. The first kappa shape index (κ1) is 12.4. The first-order valence-corrected chi connectivity index (χ1v) is 7.20. The second-order valence-electron chi connectivity index (χ2n) is 6.00. The van der Waals surface area contributed by atoms with Gasteiger partial charge in [0.05, 0.1) is 29.2 Å². The quantitative estimate of drug-likeness (QED) is 0.747. The van der Waals surface area contributed by atoms with E-state index in [1.165, 1.54) is 4.90 Å². The highest BCUT2D eigenvalue weighted by Gasteiger charge is 2.67. The van der Waals surface area contributed by atoms with Gasteiger partial charge in [0.15, 0.2) is 0 Å². The molecule has 20 heavy (non-hydrogen) atoms. The fraction of sp³-hybridized carbons (Fsp3) is 0.467. The molecule has 0 aliphatic carbocycles. The molecule has 1 aromatic carbocycles. The maximum Gasteiger partial charge on any atom is 0.240 e. The third-order valence-electron chi connectivity index (χ3n) is 4.82. The van der Waals surface area contributed by atoms with E-state index in [1.807, 2.05) is 6.92 Å². The Morgan fingerprint density at radius 3 is 2.85 bits per heavy atom. The fourth-order valence-electron chi connectivity index (χ4n) is 3.95. The molecule has 0 aromatic heterocycles. The van der Waals surface area contributed by atoms with Crippen LogP contribution in [-0.2, 0) is 14.3 Å². The molecule has 0 radical (unpaired) electrons. The molecule has 2 amide bonds. The summed E-state index contributed by atoms with van der Waals surface area (Å²) in [6, 6.07) is 6.88. The molecule has 1 unspecified atom stereocenters. The summed E-state index contributed by atoms with van der Waals surface area (Å²) in [5.74, 6) is -0.948. The van der Waals surface area contributed by atoms with Crippen molar-refractivity contribution in [1.29, 1.82) is 0 Å². The Bertz CT molecular complexity index is 631. The summed E-state index contributed by atoms with van der Waals surface area (Å²) in [4.78, 5) is 26.6. The summed E-state index contributed by atoms with van der Waals surface area (Å²) in [6.07, 6.45) is 1.60. The lowest BCUT2D eigenvalue weighted by molar-refractivity contribution is -0.126. The summed E-state index contributed by atoms with van der Waals surface area (Å²) >= 11 is 5.96. The van der Waals surface area contributed by atoms with Crippen molar-refractivity contribution in [2.75, 3.05) is 4.90 Å². The standard InChI is InChI=1S/C15H14ClNO3/c1-15-6-5-10(20-15)11-12(15)14(19)17(13(11)18)9-4-2-3-8(16)7-9/h2-4,7,10-12H,5-6H2,1H3/t10?,11-,12+,15-/m1/s1. The van der Waals surface area contributed by atoms with Crippen LogP contribution in [0.4, 0.5) is 5.69 Å². The molecule has 4 rings (SSSR count). The van der Waals surface area contributed by atoms with Crippen molar-refractivity contribution in [1.82, 2.24) is 0 Å². The molecule has 4 nitrogen and oxygen atoms in total. The first-order chi connectivity index (χ1) is 9.51. The van der Waals surface area contributed by atoms with E-state index in [1.54, 1.807) is 24.3 Å². The Kier molecular flexibility index (Phi) is 2.37. The second-order valence-corrected chi connectivity index (χ2v) is 6.44. The Morgan fingerprint density at radius 1 is 1.35 bits per heavy atom. The van der Waals surface area contributed by atoms with Crippen LogP contribution in [0.25, 0.3) is 0 Å². The highest BCUT2D eigenvalue weighted by atomic mass is 35.5. The number of halogens is 1. The number of ether oxygens (including phenoxy) is 1. The van der Waals surface area contributed by atoms with Crippen LogP contribution in [0.2, 0.25) is 5.02 Å². The first-order valence-electron chi connectivity index (χ1n) is 6.82. The maximum absolute atomic E-state index is 12.7. The van der Waals surface area contributed by atoms with Crippen LogP contribution in [0.3, 0.4) is 0 Å². The van der Waals surface area contributed by atoms with E-state index < -0.39 is 5.60 Å². The van der Waals surface area contributed by atoms with Crippen LogP contribution in [0, 0.1) is 11.8 Å². The number of anilines is 1. The van der Waals surface area contributed by atoms with E-state index in [-0.39, 0.29) is 29.8 Å². The molecule has 0 N–H and O–H groups in total. The smallest absolute Gasteiger partial charge is 0.240 e. The number of imide groups is 1. The Labute approximate surface area is 121 Å².